The number of aromatic nitrogens is 4. The van der Waals surface area contributed by atoms with Crippen molar-refractivity contribution < 1.29 is 9.47 Å². The number of ether oxygens (including phenoxy) is 2. The number of alkyl halides is 1. The van der Waals surface area contributed by atoms with Gasteiger partial charge in [-0.2, -0.15) is 4.98 Å². The molecule has 0 saturated heterocycles. The van der Waals surface area contributed by atoms with Gasteiger partial charge in [0, 0.05) is 32.6 Å². The fourth-order valence-electron chi connectivity index (χ4n) is 2.31. The minimum absolute atomic E-state index is 0.508. The first-order chi connectivity index (χ1) is 10.3. The molecule has 0 unspecified atom stereocenters. The standard InChI is InChI=1S/C14H21ClN4O2/c1-20-9-5-3-4-8-19-11(6-7-15)18-12-13(19)16-10-17-14(12)21-2/h10H,3-9H2,1-2H3. The number of nitrogens with zero attached hydrogens (tertiary/aromatic N) is 4. The molecule has 0 aliphatic carbocycles. The Morgan fingerprint density at radius 1 is 1.19 bits per heavy atom. The largest absolute Gasteiger partial charge is 0.479 e. The highest BCUT2D eigenvalue weighted by atomic mass is 35.5. The Morgan fingerprint density at radius 2 is 2.05 bits per heavy atom. The number of imidazole rings is 1. The molecule has 0 fully saturated rings. The average Bonchev–Trinajstić information content (AvgIpc) is 2.85. The van der Waals surface area contributed by atoms with Crippen molar-refractivity contribution in [1.82, 2.24) is 19.5 Å². The molecule has 0 radical (unpaired) electrons. The van der Waals surface area contributed by atoms with Crippen LogP contribution in [-0.2, 0) is 17.7 Å². The van der Waals surface area contributed by atoms with Crippen molar-refractivity contribution in [3.63, 3.8) is 0 Å². The summed E-state index contributed by atoms with van der Waals surface area (Å²) < 4.78 is 12.4. The van der Waals surface area contributed by atoms with E-state index < -0.39 is 0 Å². The Kier molecular flexibility index (Phi) is 6.20. The topological polar surface area (TPSA) is 62.1 Å². The van der Waals surface area contributed by atoms with Crippen molar-refractivity contribution in [2.45, 2.75) is 32.2 Å². The fourth-order valence-corrected chi connectivity index (χ4v) is 2.48. The Morgan fingerprint density at radius 3 is 2.76 bits per heavy atom. The summed E-state index contributed by atoms with van der Waals surface area (Å²) in [4.78, 5) is 13.0. The Bertz CT molecular complexity index is 573. The van der Waals surface area contributed by atoms with Crippen LogP contribution >= 0.6 is 11.6 Å². The molecule has 21 heavy (non-hydrogen) atoms. The lowest BCUT2D eigenvalue weighted by atomic mass is 10.2. The second-order valence-corrected chi connectivity index (χ2v) is 5.11. The Balaban J connectivity index is 2.20. The normalized spacial score (nSPS) is 11.2. The van der Waals surface area contributed by atoms with Gasteiger partial charge in [-0.3, -0.25) is 0 Å². The molecule has 0 aromatic carbocycles. The summed E-state index contributed by atoms with van der Waals surface area (Å²) in [6.45, 7) is 1.67. The summed E-state index contributed by atoms with van der Waals surface area (Å²) >= 11 is 5.87. The van der Waals surface area contributed by atoms with Crippen molar-refractivity contribution in [2.24, 2.45) is 0 Å². The number of aryl methyl sites for hydroxylation is 2. The molecule has 0 saturated carbocycles. The highest BCUT2D eigenvalue weighted by Gasteiger charge is 2.15. The zero-order chi connectivity index (χ0) is 15.1. The number of hydrogen-bond donors (Lipinski definition) is 0. The summed E-state index contributed by atoms with van der Waals surface area (Å²) in [5, 5.41) is 0. The van der Waals surface area contributed by atoms with Crippen molar-refractivity contribution >= 4 is 22.8 Å². The van der Waals surface area contributed by atoms with Crippen LogP contribution in [0, 0.1) is 0 Å². The fraction of sp³-hybridized carbons (Fsp3) is 0.643. The molecule has 0 amide bonds. The minimum Gasteiger partial charge on any atom is -0.479 e. The van der Waals surface area contributed by atoms with Gasteiger partial charge in [0.1, 0.15) is 12.2 Å². The minimum atomic E-state index is 0.508. The van der Waals surface area contributed by atoms with E-state index in [1.165, 1.54) is 6.33 Å². The number of fused-ring (bicyclic) bond motifs is 1. The molecule has 2 aromatic rings. The zero-order valence-electron chi connectivity index (χ0n) is 12.5. The van der Waals surface area contributed by atoms with Gasteiger partial charge in [-0.25, -0.2) is 9.97 Å². The van der Waals surface area contributed by atoms with Crippen LogP contribution in [0.5, 0.6) is 5.88 Å². The molecule has 6 nitrogen and oxygen atoms in total. The van der Waals surface area contributed by atoms with Crippen LogP contribution in [0.1, 0.15) is 25.1 Å². The third kappa shape index (κ3) is 3.83. The second-order valence-electron chi connectivity index (χ2n) is 4.73. The van der Waals surface area contributed by atoms with Crippen LogP contribution in [0.15, 0.2) is 6.33 Å². The highest BCUT2D eigenvalue weighted by Crippen LogP contribution is 2.22. The van der Waals surface area contributed by atoms with Crippen LogP contribution in [0.4, 0.5) is 0 Å². The number of unbranched alkanes of at least 4 members (excludes halogenated alkanes) is 2. The van der Waals surface area contributed by atoms with Gasteiger partial charge in [-0.05, 0) is 19.3 Å². The molecule has 0 N–H and O–H groups in total. The maximum Gasteiger partial charge on any atom is 0.245 e. The second kappa shape index (κ2) is 8.14. The Labute approximate surface area is 129 Å². The average molecular weight is 313 g/mol. The first kappa shape index (κ1) is 16.0. The molecule has 0 aliphatic rings. The molecule has 0 spiro atoms. The molecule has 0 aliphatic heterocycles. The number of halogens is 1. The number of hydrogen-bond acceptors (Lipinski definition) is 5. The van der Waals surface area contributed by atoms with Gasteiger partial charge in [-0.15, -0.1) is 11.6 Å². The van der Waals surface area contributed by atoms with Crippen LogP contribution in [-0.4, -0.2) is 46.2 Å². The maximum absolute atomic E-state index is 5.87. The predicted octanol–water partition coefficient (Wildman–Crippen LogP) is 2.43. The van der Waals surface area contributed by atoms with Crippen LogP contribution < -0.4 is 4.74 Å². The summed E-state index contributed by atoms with van der Waals surface area (Å²) in [5.41, 5.74) is 1.52. The summed E-state index contributed by atoms with van der Waals surface area (Å²) in [5.74, 6) is 1.97. The van der Waals surface area contributed by atoms with Gasteiger partial charge < -0.3 is 14.0 Å². The lowest BCUT2D eigenvalue weighted by molar-refractivity contribution is 0.191. The monoisotopic (exact) mass is 312 g/mol. The van der Waals surface area contributed by atoms with Gasteiger partial charge in [0.25, 0.3) is 0 Å². The van der Waals surface area contributed by atoms with E-state index in [4.69, 9.17) is 21.1 Å². The molecule has 0 bridgehead atoms. The SMILES string of the molecule is COCCCCCn1c(CCCl)nc2c(OC)ncnc21. The van der Waals surface area contributed by atoms with E-state index in [-0.39, 0.29) is 0 Å². The molecule has 7 heteroatoms. The lowest BCUT2D eigenvalue weighted by Gasteiger charge is -2.07. The maximum atomic E-state index is 5.87. The van der Waals surface area contributed by atoms with Gasteiger partial charge in [0.2, 0.25) is 5.88 Å². The Hall–Kier alpha value is -1.40. The van der Waals surface area contributed by atoms with Gasteiger partial charge >= 0.3 is 0 Å². The quantitative estimate of drug-likeness (QED) is 0.525. The van der Waals surface area contributed by atoms with Crippen molar-refractivity contribution in [3.8, 4) is 5.88 Å². The first-order valence-corrected chi connectivity index (χ1v) is 7.64. The molecule has 2 heterocycles. The lowest BCUT2D eigenvalue weighted by Crippen LogP contribution is -2.06. The van der Waals surface area contributed by atoms with E-state index in [0.717, 1.165) is 43.9 Å². The van der Waals surface area contributed by atoms with Crippen LogP contribution in [0.2, 0.25) is 0 Å². The highest BCUT2D eigenvalue weighted by molar-refractivity contribution is 6.17. The predicted molar refractivity (Wildman–Crippen MR) is 82.0 cm³/mol. The molecule has 2 aromatic heterocycles. The zero-order valence-corrected chi connectivity index (χ0v) is 13.3. The van der Waals surface area contributed by atoms with E-state index in [9.17, 15) is 0 Å². The van der Waals surface area contributed by atoms with Crippen LogP contribution in [0.3, 0.4) is 0 Å². The summed E-state index contributed by atoms with van der Waals surface area (Å²) in [6, 6.07) is 0. The molecule has 0 atom stereocenters. The van der Waals surface area contributed by atoms with E-state index in [1.54, 1.807) is 14.2 Å². The molecule has 116 valence electrons. The molecular weight excluding hydrogens is 292 g/mol. The van der Waals surface area contributed by atoms with Gasteiger partial charge in [0.15, 0.2) is 11.2 Å². The third-order valence-corrected chi connectivity index (χ3v) is 3.51. The van der Waals surface area contributed by atoms with E-state index in [0.29, 0.717) is 23.7 Å². The summed E-state index contributed by atoms with van der Waals surface area (Å²) in [7, 11) is 3.32. The van der Waals surface area contributed by atoms with Crippen LogP contribution in [0.25, 0.3) is 11.2 Å². The van der Waals surface area contributed by atoms with E-state index in [2.05, 4.69) is 19.5 Å². The summed E-state index contributed by atoms with van der Waals surface area (Å²) in [6.07, 6.45) is 5.44. The van der Waals surface area contributed by atoms with Gasteiger partial charge in [-0.1, -0.05) is 0 Å². The van der Waals surface area contributed by atoms with E-state index in [1.807, 2.05) is 0 Å². The number of methoxy groups -OCH3 is 2. The molecular formula is C14H21ClN4O2. The van der Waals surface area contributed by atoms with E-state index >= 15 is 0 Å². The first-order valence-electron chi connectivity index (χ1n) is 7.10. The van der Waals surface area contributed by atoms with Crippen molar-refractivity contribution in [2.75, 3.05) is 26.7 Å². The number of rotatable bonds is 9. The molecule has 2 rings (SSSR count). The van der Waals surface area contributed by atoms with Gasteiger partial charge in [0.05, 0.1) is 7.11 Å². The van der Waals surface area contributed by atoms with Crippen molar-refractivity contribution in [1.29, 1.82) is 0 Å². The third-order valence-electron chi connectivity index (χ3n) is 3.32. The smallest absolute Gasteiger partial charge is 0.245 e. The van der Waals surface area contributed by atoms with Crippen molar-refractivity contribution in [3.05, 3.63) is 12.2 Å².